The van der Waals surface area contributed by atoms with E-state index < -0.39 is 5.82 Å². The number of likely N-dealkylation sites (N-methyl/N-ethyl adjacent to an activating group) is 1. The number of halogens is 1. The van der Waals surface area contributed by atoms with Crippen LogP contribution in [0.2, 0.25) is 0 Å². The summed E-state index contributed by atoms with van der Waals surface area (Å²) < 4.78 is 13.1. The molecule has 0 spiro atoms. The van der Waals surface area contributed by atoms with Crippen molar-refractivity contribution in [1.29, 1.82) is 0 Å². The van der Waals surface area contributed by atoms with E-state index in [1.54, 1.807) is 0 Å². The monoisotopic (exact) mass is 280 g/mol. The molecule has 5 nitrogen and oxygen atoms in total. The number of carbonyl (C=O) groups is 1. The summed E-state index contributed by atoms with van der Waals surface area (Å²) in [5, 5.41) is 2.78. The van der Waals surface area contributed by atoms with Gasteiger partial charge in [0.25, 0.3) is 0 Å². The Morgan fingerprint density at radius 1 is 1.35 bits per heavy atom. The first-order valence-electron chi connectivity index (χ1n) is 6.76. The zero-order chi connectivity index (χ0) is 14.7. The molecule has 1 atom stereocenters. The lowest BCUT2D eigenvalue weighted by molar-refractivity contribution is -0.121. The lowest BCUT2D eigenvalue weighted by atomic mass is 10.2. The topological polar surface area (TPSA) is 61.6 Å². The lowest BCUT2D eigenvalue weighted by Crippen LogP contribution is -2.51. The van der Waals surface area contributed by atoms with Gasteiger partial charge in [0.2, 0.25) is 5.91 Å². The minimum Gasteiger partial charge on any atom is -0.396 e. The number of nitrogens with zero attached hydrogens (tertiary/aromatic N) is 2. The van der Waals surface area contributed by atoms with Crippen LogP contribution in [0.5, 0.6) is 0 Å². The molecule has 1 amide bonds. The molecule has 20 heavy (non-hydrogen) atoms. The third-order valence-corrected chi connectivity index (χ3v) is 3.73. The fourth-order valence-corrected chi connectivity index (χ4v) is 2.24. The average molecular weight is 280 g/mol. The van der Waals surface area contributed by atoms with E-state index in [9.17, 15) is 9.18 Å². The normalized spacial score (nSPS) is 18.8. The molecule has 1 aromatic carbocycles. The summed E-state index contributed by atoms with van der Waals surface area (Å²) in [6.45, 7) is 5.54. The number of amides is 1. The van der Waals surface area contributed by atoms with E-state index in [2.05, 4.69) is 22.2 Å². The van der Waals surface area contributed by atoms with Gasteiger partial charge >= 0.3 is 0 Å². The molecule has 0 saturated carbocycles. The van der Waals surface area contributed by atoms with Gasteiger partial charge in [0.15, 0.2) is 0 Å². The maximum Gasteiger partial charge on any atom is 0.241 e. The van der Waals surface area contributed by atoms with E-state index in [1.165, 1.54) is 18.2 Å². The maximum atomic E-state index is 13.1. The van der Waals surface area contributed by atoms with Crippen LogP contribution in [0.25, 0.3) is 0 Å². The summed E-state index contributed by atoms with van der Waals surface area (Å²) in [7, 11) is 2.07. The fraction of sp³-hybridized carbons (Fsp3) is 0.500. The van der Waals surface area contributed by atoms with Crippen LogP contribution in [0.4, 0.5) is 15.8 Å². The molecule has 1 aliphatic heterocycles. The highest BCUT2D eigenvalue weighted by molar-refractivity contribution is 5.94. The highest BCUT2D eigenvalue weighted by atomic mass is 19.1. The van der Waals surface area contributed by atoms with Crippen molar-refractivity contribution in [2.75, 3.05) is 44.3 Å². The predicted molar refractivity (Wildman–Crippen MR) is 78.0 cm³/mol. The molecule has 6 heteroatoms. The summed E-state index contributed by atoms with van der Waals surface area (Å²) in [6, 6.07) is 3.99. The van der Waals surface area contributed by atoms with Crippen LogP contribution in [0.3, 0.4) is 0 Å². The molecule has 110 valence electrons. The van der Waals surface area contributed by atoms with Crippen LogP contribution in [-0.4, -0.2) is 55.0 Å². The van der Waals surface area contributed by atoms with Gasteiger partial charge in [0.05, 0.1) is 11.7 Å². The number of rotatable bonds is 3. The number of nitrogens with two attached hydrogens (primary N) is 1. The van der Waals surface area contributed by atoms with E-state index in [0.717, 1.165) is 26.2 Å². The van der Waals surface area contributed by atoms with Crippen LogP contribution in [-0.2, 0) is 4.79 Å². The smallest absolute Gasteiger partial charge is 0.241 e. The molecule has 1 unspecified atom stereocenters. The van der Waals surface area contributed by atoms with Crippen molar-refractivity contribution in [2.45, 2.75) is 13.0 Å². The number of carbonyl (C=O) groups excluding carboxylic acids is 1. The van der Waals surface area contributed by atoms with Gasteiger partial charge in [0, 0.05) is 31.9 Å². The van der Waals surface area contributed by atoms with E-state index in [0.29, 0.717) is 5.69 Å². The Kier molecular flexibility index (Phi) is 4.57. The first-order chi connectivity index (χ1) is 9.47. The van der Waals surface area contributed by atoms with Crippen molar-refractivity contribution in [1.82, 2.24) is 9.80 Å². The van der Waals surface area contributed by atoms with Gasteiger partial charge in [-0.25, -0.2) is 4.39 Å². The Balaban J connectivity index is 1.95. The molecule has 0 bridgehead atoms. The number of nitrogens with one attached hydrogen (secondary N) is 1. The number of benzene rings is 1. The van der Waals surface area contributed by atoms with Crippen molar-refractivity contribution in [2.24, 2.45) is 0 Å². The van der Waals surface area contributed by atoms with Gasteiger partial charge in [0.1, 0.15) is 5.82 Å². The van der Waals surface area contributed by atoms with Gasteiger partial charge in [-0.1, -0.05) is 0 Å². The molecule has 0 aliphatic carbocycles. The molecule has 3 N–H and O–H groups in total. The maximum absolute atomic E-state index is 13.1. The van der Waals surface area contributed by atoms with Crippen LogP contribution in [0, 0.1) is 5.82 Å². The summed E-state index contributed by atoms with van der Waals surface area (Å²) in [5.41, 5.74) is 6.05. The van der Waals surface area contributed by atoms with Gasteiger partial charge in [-0.2, -0.15) is 0 Å². The SMILES string of the molecule is CC(C(=O)Nc1ccc(F)c(N)c1)N1CCN(C)CC1. The minimum atomic E-state index is -0.477. The van der Waals surface area contributed by atoms with E-state index >= 15 is 0 Å². The Morgan fingerprint density at radius 3 is 2.60 bits per heavy atom. The molecule has 0 radical (unpaired) electrons. The van der Waals surface area contributed by atoms with Crippen LogP contribution in [0.15, 0.2) is 18.2 Å². The number of anilines is 2. The molecule has 1 heterocycles. The Bertz CT molecular complexity index is 486. The van der Waals surface area contributed by atoms with Crippen molar-refractivity contribution in [3.63, 3.8) is 0 Å². The Hall–Kier alpha value is -1.66. The number of piperazine rings is 1. The van der Waals surface area contributed by atoms with Gasteiger partial charge in [-0.15, -0.1) is 0 Å². The highest BCUT2D eigenvalue weighted by Gasteiger charge is 2.24. The van der Waals surface area contributed by atoms with E-state index in [-0.39, 0.29) is 17.6 Å². The third-order valence-electron chi connectivity index (χ3n) is 3.73. The molecule has 0 aromatic heterocycles. The average Bonchev–Trinajstić information content (AvgIpc) is 2.43. The van der Waals surface area contributed by atoms with Gasteiger partial charge < -0.3 is 16.0 Å². The quantitative estimate of drug-likeness (QED) is 0.810. The van der Waals surface area contributed by atoms with Crippen molar-refractivity contribution >= 4 is 17.3 Å². The van der Waals surface area contributed by atoms with E-state index in [1.807, 2.05) is 6.92 Å². The zero-order valence-electron chi connectivity index (χ0n) is 11.9. The van der Waals surface area contributed by atoms with Crippen LogP contribution in [0.1, 0.15) is 6.92 Å². The van der Waals surface area contributed by atoms with Crippen molar-refractivity contribution < 1.29 is 9.18 Å². The van der Waals surface area contributed by atoms with Gasteiger partial charge in [-0.05, 0) is 32.2 Å². The molecule has 1 aliphatic rings. The summed E-state index contributed by atoms with van der Waals surface area (Å²) in [5.74, 6) is -0.573. The first-order valence-corrected chi connectivity index (χ1v) is 6.76. The minimum absolute atomic E-state index is 0.0371. The molecule has 1 saturated heterocycles. The third kappa shape index (κ3) is 3.46. The first kappa shape index (κ1) is 14.7. The zero-order valence-corrected chi connectivity index (χ0v) is 11.9. The van der Waals surface area contributed by atoms with Crippen molar-refractivity contribution in [3.8, 4) is 0 Å². The second kappa shape index (κ2) is 6.19. The molecular weight excluding hydrogens is 259 g/mol. The van der Waals surface area contributed by atoms with Crippen molar-refractivity contribution in [3.05, 3.63) is 24.0 Å². The summed E-state index contributed by atoms with van der Waals surface area (Å²) in [4.78, 5) is 16.6. The standard InChI is InChI=1S/C14H21FN4O/c1-10(19-7-5-18(2)6-8-19)14(20)17-11-3-4-12(15)13(16)9-11/h3-4,9-10H,5-8,16H2,1-2H3,(H,17,20). The molecule has 1 aromatic rings. The molecular formula is C14H21FN4O. The lowest BCUT2D eigenvalue weighted by Gasteiger charge is -2.35. The van der Waals surface area contributed by atoms with Crippen LogP contribution < -0.4 is 11.1 Å². The Labute approximate surface area is 118 Å². The summed E-state index contributed by atoms with van der Waals surface area (Å²) in [6.07, 6.45) is 0. The van der Waals surface area contributed by atoms with Crippen LogP contribution >= 0.6 is 0 Å². The molecule has 1 fully saturated rings. The number of hydrogen-bond acceptors (Lipinski definition) is 4. The Morgan fingerprint density at radius 2 is 2.00 bits per heavy atom. The number of nitrogen functional groups attached to an aromatic ring is 1. The highest BCUT2D eigenvalue weighted by Crippen LogP contribution is 2.17. The molecule has 2 rings (SSSR count). The second-order valence-corrected chi connectivity index (χ2v) is 5.24. The fourth-order valence-electron chi connectivity index (χ4n) is 2.24. The van der Waals surface area contributed by atoms with Gasteiger partial charge in [-0.3, -0.25) is 9.69 Å². The second-order valence-electron chi connectivity index (χ2n) is 5.24. The summed E-state index contributed by atoms with van der Waals surface area (Å²) >= 11 is 0. The largest absolute Gasteiger partial charge is 0.396 e. The number of hydrogen-bond donors (Lipinski definition) is 2. The predicted octanol–water partition coefficient (Wildman–Crippen LogP) is 0.982. The van der Waals surface area contributed by atoms with E-state index in [4.69, 9.17) is 5.73 Å².